The van der Waals surface area contributed by atoms with E-state index in [0.717, 1.165) is 0 Å². The van der Waals surface area contributed by atoms with E-state index in [1.807, 2.05) is 6.92 Å². The van der Waals surface area contributed by atoms with Crippen LogP contribution in [-0.4, -0.2) is 34.3 Å². The molecule has 0 saturated heterocycles. The summed E-state index contributed by atoms with van der Waals surface area (Å²) in [4.78, 5) is 35.9. The molecule has 26 heavy (non-hydrogen) atoms. The number of nitrogens with zero attached hydrogens (tertiary/aromatic N) is 2. The molecule has 3 rings (SSSR count). The van der Waals surface area contributed by atoms with Gasteiger partial charge in [-0.15, -0.1) is 0 Å². The Labute approximate surface area is 148 Å². The molecule has 2 heterocycles. The zero-order valence-electron chi connectivity index (χ0n) is 14.1. The van der Waals surface area contributed by atoms with Gasteiger partial charge in [0.05, 0.1) is 0 Å². The van der Waals surface area contributed by atoms with Gasteiger partial charge in [-0.05, 0) is 24.6 Å². The van der Waals surface area contributed by atoms with Gasteiger partial charge in [-0.2, -0.15) is 5.10 Å². The lowest BCUT2D eigenvalue weighted by Crippen LogP contribution is -2.51. The van der Waals surface area contributed by atoms with Gasteiger partial charge in [-0.25, -0.2) is 4.68 Å². The molecule has 1 aliphatic heterocycles. The SMILES string of the molecule is CCCn1nc(C(=O)NNC(=O)[C@H]2COc3ccccc3O2)ccc1=O. The Hall–Kier alpha value is -3.36. The Bertz CT molecular complexity index is 879. The molecule has 1 aromatic carbocycles. The molecule has 136 valence electrons. The Balaban J connectivity index is 1.59. The monoisotopic (exact) mass is 358 g/mol. The van der Waals surface area contributed by atoms with Crippen LogP contribution in [0.25, 0.3) is 0 Å². The molecular weight excluding hydrogens is 340 g/mol. The van der Waals surface area contributed by atoms with Gasteiger partial charge in [0.2, 0.25) is 6.10 Å². The van der Waals surface area contributed by atoms with Gasteiger partial charge in [-0.3, -0.25) is 25.2 Å². The number of amides is 2. The summed E-state index contributed by atoms with van der Waals surface area (Å²) in [6, 6.07) is 9.55. The molecule has 0 fully saturated rings. The molecule has 9 heteroatoms. The van der Waals surface area contributed by atoms with Crippen molar-refractivity contribution in [2.24, 2.45) is 0 Å². The summed E-state index contributed by atoms with van der Waals surface area (Å²) >= 11 is 0. The number of aromatic nitrogens is 2. The molecule has 0 aliphatic carbocycles. The molecule has 1 atom stereocenters. The van der Waals surface area contributed by atoms with Crippen LogP contribution in [0.2, 0.25) is 0 Å². The maximum absolute atomic E-state index is 12.2. The van der Waals surface area contributed by atoms with Crippen molar-refractivity contribution in [2.45, 2.75) is 26.0 Å². The third-order valence-corrected chi connectivity index (χ3v) is 3.63. The fourth-order valence-corrected chi connectivity index (χ4v) is 2.35. The smallest absolute Gasteiger partial charge is 0.290 e. The largest absolute Gasteiger partial charge is 0.485 e. The van der Waals surface area contributed by atoms with Crippen LogP contribution in [0.5, 0.6) is 11.5 Å². The van der Waals surface area contributed by atoms with E-state index in [1.165, 1.54) is 16.8 Å². The number of carbonyl (C=O) groups is 2. The predicted molar refractivity (Wildman–Crippen MR) is 90.7 cm³/mol. The first kappa shape index (κ1) is 17.5. The van der Waals surface area contributed by atoms with Crippen LogP contribution in [0, 0.1) is 0 Å². The molecular formula is C17H18N4O5. The highest BCUT2D eigenvalue weighted by Gasteiger charge is 2.27. The molecule has 1 aliphatic rings. The number of aryl methyl sites for hydroxylation is 1. The summed E-state index contributed by atoms with van der Waals surface area (Å²) in [6.45, 7) is 2.32. The molecule has 2 aromatic rings. The minimum atomic E-state index is -0.896. The van der Waals surface area contributed by atoms with Crippen LogP contribution in [-0.2, 0) is 11.3 Å². The van der Waals surface area contributed by atoms with Gasteiger partial charge in [0.25, 0.3) is 17.4 Å². The molecule has 0 radical (unpaired) electrons. The number of rotatable bonds is 4. The van der Waals surface area contributed by atoms with E-state index in [1.54, 1.807) is 24.3 Å². The number of hydrogen-bond donors (Lipinski definition) is 2. The lowest BCUT2D eigenvalue weighted by molar-refractivity contribution is -0.131. The van der Waals surface area contributed by atoms with Gasteiger partial charge in [0.15, 0.2) is 17.2 Å². The van der Waals surface area contributed by atoms with Crippen molar-refractivity contribution in [3.8, 4) is 11.5 Å². The summed E-state index contributed by atoms with van der Waals surface area (Å²) in [5, 5.41) is 3.97. The van der Waals surface area contributed by atoms with Crippen LogP contribution >= 0.6 is 0 Å². The summed E-state index contributed by atoms with van der Waals surface area (Å²) in [7, 11) is 0. The van der Waals surface area contributed by atoms with Crippen molar-refractivity contribution in [3.63, 3.8) is 0 Å². The van der Waals surface area contributed by atoms with E-state index in [0.29, 0.717) is 24.5 Å². The number of fused-ring (bicyclic) bond motifs is 1. The summed E-state index contributed by atoms with van der Waals surface area (Å²) in [5.74, 6) is -0.184. The lowest BCUT2D eigenvalue weighted by Gasteiger charge is -2.25. The van der Waals surface area contributed by atoms with Gasteiger partial charge in [-0.1, -0.05) is 19.1 Å². The fourth-order valence-electron chi connectivity index (χ4n) is 2.35. The highest BCUT2D eigenvalue weighted by atomic mass is 16.6. The lowest BCUT2D eigenvalue weighted by atomic mass is 10.2. The first-order valence-corrected chi connectivity index (χ1v) is 8.15. The summed E-state index contributed by atoms with van der Waals surface area (Å²) in [5.41, 5.74) is 4.26. The molecule has 0 bridgehead atoms. The average Bonchev–Trinajstić information content (AvgIpc) is 2.67. The quantitative estimate of drug-likeness (QED) is 0.758. The first-order valence-electron chi connectivity index (χ1n) is 8.15. The number of hydrogen-bond acceptors (Lipinski definition) is 6. The third-order valence-electron chi connectivity index (χ3n) is 3.63. The molecule has 0 saturated carbocycles. The topological polar surface area (TPSA) is 112 Å². The van der Waals surface area contributed by atoms with Crippen LogP contribution in [0.3, 0.4) is 0 Å². The molecule has 1 aromatic heterocycles. The number of benzene rings is 1. The minimum Gasteiger partial charge on any atom is -0.485 e. The number of carbonyl (C=O) groups excluding carboxylic acids is 2. The second-order valence-electron chi connectivity index (χ2n) is 5.59. The molecule has 2 N–H and O–H groups in total. The van der Waals surface area contributed by atoms with Crippen molar-refractivity contribution in [1.82, 2.24) is 20.6 Å². The Kier molecular flexibility index (Phi) is 5.16. The minimum absolute atomic E-state index is 0.0181. The van der Waals surface area contributed by atoms with E-state index in [-0.39, 0.29) is 17.9 Å². The maximum Gasteiger partial charge on any atom is 0.290 e. The van der Waals surface area contributed by atoms with Gasteiger partial charge >= 0.3 is 0 Å². The van der Waals surface area contributed by atoms with E-state index in [9.17, 15) is 14.4 Å². The van der Waals surface area contributed by atoms with Crippen molar-refractivity contribution in [3.05, 3.63) is 52.4 Å². The second kappa shape index (κ2) is 7.68. The number of ether oxygens (including phenoxy) is 2. The fraction of sp³-hybridized carbons (Fsp3) is 0.294. The van der Waals surface area contributed by atoms with Crippen molar-refractivity contribution >= 4 is 11.8 Å². The second-order valence-corrected chi connectivity index (χ2v) is 5.59. The molecule has 0 unspecified atom stereocenters. The summed E-state index contributed by atoms with van der Waals surface area (Å²) < 4.78 is 12.2. The van der Waals surface area contributed by atoms with E-state index in [2.05, 4.69) is 16.0 Å². The number of nitrogens with one attached hydrogen (secondary N) is 2. The van der Waals surface area contributed by atoms with Gasteiger partial charge in [0, 0.05) is 12.6 Å². The number of para-hydroxylation sites is 2. The highest BCUT2D eigenvalue weighted by Crippen LogP contribution is 2.30. The maximum atomic E-state index is 12.2. The zero-order valence-corrected chi connectivity index (χ0v) is 14.1. The van der Waals surface area contributed by atoms with E-state index in [4.69, 9.17) is 9.47 Å². The summed E-state index contributed by atoms with van der Waals surface area (Å²) in [6.07, 6.45) is -0.193. The average molecular weight is 358 g/mol. The molecule has 2 amide bonds. The van der Waals surface area contributed by atoms with Crippen LogP contribution in [0.4, 0.5) is 0 Å². The van der Waals surface area contributed by atoms with Crippen molar-refractivity contribution < 1.29 is 19.1 Å². The van der Waals surface area contributed by atoms with Crippen LogP contribution < -0.4 is 25.9 Å². The standard InChI is InChI=1S/C17H18N4O5/c1-2-9-21-15(22)8-7-11(20-21)16(23)18-19-17(24)14-10-25-12-5-3-4-6-13(12)26-14/h3-8,14H,2,9-10H2,1H3,(H,18,23)(H,19,24)/t14-/m1/s1. The van der Waals surface area contributed by atoms with Gasteiger partial charge in [0.1, 0.15) is 6.61 Å². The van der Waals surface area contributed by atoms with Crippen LogP contribution in [0.1, 0.15) is 23.8 Å². The first-order chi connectivity index (χ1) is 12.6. The van der Waals surface area contributed by atoms with Gasteiger partial charge < -0.3 is 9.47 Å². The molecule has 9 nitrogen and oxygen atoms in total. The Morgan fingerprint density at radius 3 is 2.73 bits per heavy atom. The van der Waals surface area contributed by atoms with Crippen molar-refractivity contribution in [1.29, 1.82) is 0 Å². The zero-order chi connectivity index (χ0) is 18.5. The highest BCUT2D eigenvalue weighted by molar-refractivity contribution is 5.94. The number of hydrazine groups is 1. The van der Waals surface area contributed by atoms with Crippen molar-refractivity contribution in [2.75, 3.05) is 6.61 Å². The third kappa shape index (κ3) is 3.82. The Morgan fingerprint density at radius 1 is 1.19 bits per heavy atom. The normalized spacial score (nSPS) is 15.2. The van der Waals surface area contributed by atoms with E-state index >= 15 is 0 Å². The predicted octanol–water partition coefficient (Wildman–Crippen LogP) is 0.254. The van der Waals surface area contributed by atoms with E-state index < -0.39 is 17.9 Å². The molecule has 0 spiro atoms. The van der Waals surface area contributed by atoms with Crippen LogP contribution in [0.15, 0.2) is 41.2 Å². The Morgan fingerprint density at radius 2 is 1.96 bits per heavy atom.